The molecule has 1 heterocycles. The first-order chi connectivity index (χ1) is 16.9. The van der Waals surface area contributed by atoms with Gasteiger partial charge in [-0.05, 0) is 73.0 Å². The van der Waals surface area contributed by atoms with Crippen molar-refractivity contribution >= 4 is 40.9 Å². The monoisotopic (exact) mass is 469 g/mol. The Morgan fingerprint density at radius 2 is 1.77 bits per heavy atom. The summed E-state index contributed by atoms with van der Waals surface area (Å²) in [5, 5.41) is 5.66. The molecule has 1 aliphatic rings. The van der Waals surface area contributed by atoms with Crippen LogP contribution in [0.5, 0.6) is 5.75 Å². The fraction of sp³-hybridized carbons (Fsp3) is 0.179. The van der Waals surface area contributed by atoms with Crippen LogP contribution in [-0.2, 0) is 14.4 Å². The number of carbonyl (C=O) groups is 3. The molecule has 0 radical (unpaired) electrons. The summed E-state index contributed by atoms with van der Waals surface area (Å²) < 4.78 is 5.17. The smallest absolute Gasteiger partial charge is 0.251 e. The van der Waals surface area contributed by atoms with E-state index < -0.39 is 17.9 Å². The van der Waals surface area contributed by atoms with E-state index >= 15 is 0 Å². The second-order valence-corrected chi connectivity index (χ2v) is 8.39. The number of fused-ring (bicyclic) bond motifs is 1. The van der Waals surface area contributed by atoms with Gasteiger partial charge in [-0.25, -0.2) is 0 Å². The molecule has 0 spiro atoms. The van der Waals surface area contributed by atoms with Gasteiger partial charge < -0.3 is 15.4 Å². The maximum absolute atomic E-state index is 13.3. The number of para-hydroxylation sites is 2. The van der Waals surface area contributed by atoms with Crippen LogP contribution in [0.2, 0.25) is 0 Å². The first-order valence-corrected chi connectivity index (χ1v) is 11.3. The lowest BCUT2D eigenvalue weighted by atomic mass is 10.0. The number of rotatable bonds is 6. The van der Waals surface area contributed by atoms with Gasteiger partial charge in [0.25, 0.3) is 5.91 Å². The van der Waals surface area contributed by atoms with Crippen molar-refractivity contribution < 1.29 is 19.1 Å². The molecule has 35 heavy (non-hydrogen) atoms. The van der Waals surface area contributed by atoms with Gasteiger partial charge in [-0.3, -0.25) is 19.3 Å². The molecule has 178 valence electrons. The van der Waals surface area contributed by atoms with E-state index in [2.05, 4.69) is 10.6 Å². The lowest BCUT2D eigenvalue weighted by Crippen LogP contribution is -2.52. The molecule has 0 aromatic heterocycles. The third kappa shape index (κ3) is 5.41. The molecule has 3 amide bonds. The van der Waals surface area contributed by atoms with Gasteiger partial charge in [0, 0.05) is 11.8 Å². The number of anilines is 3. The predicted molar refractivity (Wildman–Crippen MR) is 138 cm³/mol. The summed E-state index contributed by atoms with van der Waals surface area (Å²) >= 11 is 0. The van der Waals surface area contributed by atoms with Crippen molar-refractivity contribution in [2.45, 2.75) is 26.3 Å². The van der Waals surface area contributed by atoms with Crippen molar-refractivity contribution in [3.8, 4) is 5.75 Å². The minimum Gasteiger partial charge on any atom is -0.497 e. The van der Waals surface area contributed by atoms with Gasteiger partial charge >= 0.3 is 0 Å². The zero-order valence-electron chi connectivity index (χ0n) is 19.9. The van der Waals surface area contributed by atoms with Gasteiger partial charge in [-0.2, -0.15) is 0 Å². The Hall–Kier alpha value is -4.39. The number of nitrogens with one attached hydrogen (secondary N) is 2. The molecule has 0 saturated heterocycles. The van der Waals surface area contributed by atoms with Crippen LogP contribution in [0.4, 0.5) is 17.1 Å². The summed E-state index contributed by atoms with van der Waals surface area (Å²) in [6.45, 7) is 3.96. The molecular formula is C28H27N3O4. The Kier molecular flexibility index (Phi) is 6.96. The minimum absolute atomic E-state index is 0.185. The minimum atomic E-state index is -0.996. The molecule has 3 aromatic carbocycles. The van der Waals surface area contributed by atoms with Crippen molar-refractivity contribution in [2.24, 2.45) is 0 Å². The van der Waals surface area contributed by atoms with Crippen LogP contribution in [0, 0.1) is 13.8 Å². The summed E-state index contributed by atoms with van der Waals surface area (Å²) in [6, 6.07) is 18.9. The zero-order valence-corrected chi connectivity index (χ0v) is 19.9. The maximum Gasteiger partial charge on any atom is 0.251 e. The molecule has 0 fully saturated rings. The van der Waals surface area contributed by atoms with Crippen molar-refractivity contribution in [3.05, 3.63) is 89.5 Å². The number of nitrogens with zero attached hydrogens (tertiary/aromatic N) is 1. The first kappa shape index (κ1) is 23.8. The molecule has 7 nitrogen and oxygen atoms in total. The Labute approximate surface area is 204 Å². The van der Waals surface area contributed by atoms with Crippen LogP contribution in [0.1, 0.15) is 23.1 Å². The average molecular weight is 470 g/mol. The lowest BCUT2D eigenvalue weighted by molar-refractivity contribution is -0.124. The van der Waals surface area contributed by atoms with E-state index in [1.165, 1.54) is 11.0 Å². The maximum atomic E-state index is 13.3. The number of ether oxygens (including phenoxy) is 1. The zero-order chi connectivity index (χ0) is 24.9. The standard InChI is InChI=1S/C28H27N3O4/c1-18-8-12-21(16-19(18)2)29-26(32)17-25-28(34)30-23-6-4-5-7-24(23)31(25)27(33)15-11-20-9-13-22(35-3)14-10-20/h4-16,25H,17H2,1-3H3,(H,29,32)(H,30,34)/b15-11+/t25-/m1/s1. The van der Waals surface area contributed by atoms with Gasteiger partial charge in [0.2, 0.25) is 11.8 Å². The number of methoxy groups -OCH3 is 1. The summed E-state index contributed by atoms with van der Waals surface area (Å²) in [5.74, 6) is -0.452. The van der Waals surface area contributed by atoms with Crippen molar-refractivity contribution in [2.75, 3.05) is 22.6 Å². The average Bonchev–Trinajstić information content (AvgIpc) is 2.85. The molecule has 0 saturated carbocycles. The van der Waals surface area contributed by atoms with Gasteiger partial charge in [0.1, 0.15) is 11.8 Å². The van der Waals surface area contributed by atoms with Crippen LogP contribution < -0.4 is 20.3 Å². The molecular weight excluding hydrogens is 442 g/mol. The van der Waals surface area contributed by atoms with Crippen molar-refractivity contribution in [3.63, 3.8) is 0 Å². The summed E-state index contributed by atoms with van der Waals surface area (Å²) in [5.41, 5.74) is 4.68. The third-order valence-electron chi connectivity index (χ3n) is 5.98. The SMILES string of the molecule is COc1ccc(/C=C/C(=O)N2c3ccccc3NC(=O)[C@H]2CC(=O)Nc2ccc(C)c(C)c2)cc1. The van der Waals surface area contributed by atoms with Crippen LogP contribution in [-0.4, -0.2) is 30.9 Å². The van der Waals surface area contributed by atoms with E-state index in [-0.39, 0.29) is 12.3 Å². The Bertz CT molecular complexity index is 1300. The molecule has 1 aliphatic heterocycles. The molecule has 0 aliphatic carbocycles. The molecule has 4 rings (SSSR count). The number of hydrogen-bond donors (Lipinski definition) is 2. The summed E-state index contributed by atoms with van der Waals surface area (Å²) in [4.78, 5) is 40.6. The lowest BCUT2D eigenvalue weighted by Gasteiger charge is -2.35. The molecule has 3 aromatic rings. The number of carbonyl (C=O) groups excluding carboxylic acids is 3. The predicted octanol–water partition coefficient (Wildman–Crippen LogP) is 4.71. The molecule has 2 N–H and O–H groups in total. The first-order valence-electron chi connectivity index (χ1n) is 11.3. The Balaban J connectivity index is 1.58. The Morgan fingerprint density at radius 3 is 2.49 bits per heavy atom. The molecule has 0 bridgehead atoms. The van der Waals surface area contributed by atoms with Gasteiger partial charge in [-0.15, -0.1) is 0 Å². The highest BCUT2D eigenvalue weighted by atomic mass is 16.5. The number of amides is 3. The van der Waals surface area contributed by atoms with E-state index in [0.717, 1.165) is 16.7 Å². The van der Waals surface area contributed by atoms with Gasteiger partial charge in [0.15, 0.2) is 0 Å². The second-order valence-electron chi connectivity index (χ2n) is 8.39. The van der Waals surface area contributed by atoms with E-state index in [9.17, 15) is 14.4 Å². The van der Waals surface area contributed by atoms with E-state index in [1.54, 1.807) is 49.6 Å². The van der Waals surface area contributed by atoms with Crippen LogP contribution in [0.25, 0.3) is 6.08 Å². The highest BCUT2D eigenvalue weighted by Gasteiger charge is 2.37. The van der Waals surface area contributed by atoms with Crippen molar-refractivity contribution in [1.82, 2.24) is 0 Å². The van der Waals surface area contributed by atoms with Crippen LogP contribution in [0.15, 0.2) is 72.8 Å². The number of benzene rings is 3. The van der Waals surface area contributed by atoms with Crippen LogP contribution >= 0.6 is 0 Å². The highest BCUT2D eigenvalue weighted by Crippen LogP contribution is 2.33. The highest BCUT2D eigenvalue weighted by molar-refractivity contribution is 6.16. The van der Waals surface area contributed by atoms with E-state index in [4.69, 9.17) is 4.74 Å². The fourth-order valence-corrected chi connectivity index (χ4v) is 3.92. The van der Waals surface area contributed by atoms with E-state index in [1.807, 2.05) is 44.2 Å². The fourth-order valence-electron chi connectivity index (χ4n) is 3.92. The molecule has 7 heteroatoms. The number of hydrogen-bond acceptors (Lipinski definition) is 4. The largest absolute Gasteiger partial charge is 0.497 e. The quantitative estimate of drug-likeness (QED) is 0.512. The van der Waals surface area contributed by atoms with Crippen LogP contribution in [0.3, 0.4) is 0 Å². The second kappa shape index (κ2) is 10.3. The molecule has 1 atom stereocenters. The van der Waals surface area contributed by atoms with Gasteiger partial charge in [-0.1, -0.05) is 30.3 Å². The Morgan fingerprint density at radius 1 is 1.03 bits per heavy atom. The third-order valence-corrected chi connectivity index (χ3v) is 5.98. The summed E-state index contributed by atoms with van der Waals surface area (Å²) in [7, 11) is 1.59. The summed E-state index contributed by atoms with van der Waals surface area (Å²) in [6.07, 6.45) is 2.89. The topological polar surface area (TPSA) is 87.7 Å². The van der Waals surface area contributed by atoms with Gasteiger partial charge in [0.05, 0.1) is 24.9 Å². The normalized spacial score (nSPS) is 14.9. The van der Waals surface area contributed by atoms with E-state index in [0.29, 0.717) is 22.8 Å². The molecule has 0 unspecified atom stereocenters. The number of aryl methyl sites for hydroxylation is 2. The van der Waals surface area contributed by atoms with Crippen molar-refractivity contribution in [1.29, 1.82) is 0 Å².